The molecule has 0 aliphatic heterocycles. The number of Topliss-reactive ketones (excluding diaryl/α,β-unsaturated/α-hetero) is 1. The Bertz CT molecular complexity index is 1240. The van der Waals surface area contributed by atoms with Crippen LogP contribution in [-0.2, 0) is 4.74 Å². The summed E-state index contributed by atoms with van der Waals surface area (Å²) in [5.41, 5.74) is 2.60. The van der Waals surface area contributed by atoms with Crippen molar-refractivity contribution in [3.63, 3.8) is 0 Å². The van der Waals surface area contributed by atoms with Crippen LogP contribution in [0.3, 0.4) is 0 Å². The summed E-state index contributed by atoms with van der Waals surface area (Å²) in [4.78, 5) is 24.3. The molecular formula is C23H15BrFN3O3. The summed E-state index contributed by atoms with van der Waals surface area (Å²) in [6.07, 6.45) is 1.66. The van der Waals surface area contributed by atoms with E-state index in [1.807, 2.05) is 24.3 Å². The zero-order valence-corrected chi connectivity index (χ0v) is 17.6. The van der Waals surface area contributed by atoms with Gasteiger partial charge >= 0.3 is 5.97 Å². The molecule has 1 heterocycles. The molecule has 4 aromatic rings. The first-order valence-electron chi connectivity index (χ1n) is 9.25. The van der Waals surface area contributed by atoms with Crippen LogP contribution in [0.15, 0.2) is 83.5 Å². The van der Waals surface area contributed by atoms with Crippen LogP contribution in [0.5, 0.6) is 0 Å². The van der Waals surface area contributed by atoms with Gasteiger partial charge < -0.3 is 4.74 Å². The van der Waals surface area contributed by atoms with Gasteiger partial charge in [0.05, 0.1) is 23.1 Å². The number of carbonyl (C=O) groups is 2. The van der Waals surface area contributed by atoms with E-state index in [0.717, 1.165) is 27.5 Å². The Kier molecular flexibility index (Phi) is 5.99. The van der Waals surface area contributed by atoms with E-state index in [9.17, 15) is 14.0 Å². The predicted molar refractivity (Wildman–Crippen MR) is 116 cm³/mol. The molecule has 0 bridgehead atoms. The van der Waals surface area contributed by atoms with Crippen LogP contribution in [0.25, 0.3) is 16.9 Å². The second kappa shape index (κ2) is 9.01. The highest BCUT2D eigenvalue weighted by molar-refractivity contribution is 9.10. The van der Waals surface area contributed by atoms with Crippen molar-refractivity contribution in [2.24, 2.45) is 0 Å². The Labute approximate surface area is 185 Å². The lowest BCUT2D eigenvalue weighted by Gasteiger charge is -2.08. The van der Waals surface area contributed by atoms with E-state index >= 15 is 0 Å². The van der Waals surface area contributed by atoms with Gasteiger partial charge in [0.25, 0.3) is 0 Å². The van der Waals surface area contributed by atoms with Crippen LogP contribution in [0.1, 0.15) is 20.7 Å². The van der Waals surface area contributed by atoms with Crippen LogP contribution in [0, 0.1) is 5.82 Å². The fourth-order valence-corrected chi connectivity index (χ4v) is 3.21. The number of hydrogen-bond acceptors (Lipinski definition) is 5. The SMILES string of the molecule is O=C(COC(=O)c1ccccc1F)c1ccc(-n2nncc2-c2ccc(Br)cc2)cc1. The summed E-state index contributed by atoms with van der Waals surface area (Å²) in [7, 11) is 0. The maximum absolute atomic E-state index is 13.6. The summed E-state index contributed by atoms with van der Waals surface area (Å²) >= 11 is 3.41. The lowest BCUT2D eigenvalue weighted by molar-refractivity contribution is 0.0470. The minimum Gasteiger partial charge on any atom is -0.454 e. The molecule has 0 radical (unpaired) electrons. The first kappa shape index (κ1) is 20.6. The number of carbonyl (C=O) groups excluding carboxylic acids is 2. The topological polar surface area (TPSA) is 74.1 Å². The van der Waals surface area contributed by atoms with Crippen LogP contribution >= 0.6 is 15.9 Å². The number of rotatable bonds is 6. The maximum Gasteiger partial charge on any atom is 0.341 e. The van der Waals surface area contributed by atoms with Crippen LogP contribution in [0.2, 0.25) is 0 Å². The van der Waals surface area contributed by atoms with E-state index in [4.69, 9.17) is 4.74 Å². The predicted octanol–water partition coefficient (Wildman–Crippen LogP) is 4.88. The largest absolute Gasteiger partial charge is 0.454 e. The molecule has 31 heavy (non-hydrogen) atoms. The highest BCUT2D eigenvalue weighted by atomic mass is 79.9. The van der Waals surface area contributed by atoms with Crippen molar-refractivity contribution in [2.75, 3.05) is 6.61 Å². The number of benzene rings is 3. The number of esters is 1. The van der Waals surface area contributed by atoms with E-state index in [0.29, 0.717) is 5.56 Å². The maximum atomic E-state index is 13.6. The van der Waals surface area contributed by atoms with E-state index in [-0.39, 0.29) is 5.56 Å². The van der Waals surface area contributed by atoms with E-state index in [1.54, 1.807) is 35.1 Å². The fraction of sp³-hybridized carbons (Fsp3) is 0.0435. The lowest BCUT2D eigenvalue weighted by Crippen LogP contribution is -2.15. The third-order valence-corrected chi connectivity index (χ3v) is 5.08. The smallest absolute Gasteiger partial charge is 0.341 e. The average Bonchev–Trinajstić information content (AvgIpc) is 3.28. The van der Waals surface area contributed by atoms with E-state index in [2.05, 4.69) is 26.2 Å². The van der Waals surface area contributed by atoms with Crippen molar-refractivity contribution < 1.29 is 18.7 Å². The lowest BCUT2D eigenvalue weighted by atomic mass is 10.1. The van der Waals surface area contributed by atoms with Gasteiger partial charge in [-0.1, -0.05) is 45.4 Å². The third kappa shape index (κ3) is 4.59. The fourth-order valence-electron chi connectivity index (χ4n) is 2.95. The highest BCUT2D eigenvalue weighted by Crippen LogP contribution is 2.23. The van der Waals surface area contributed by atoms with Crippen LogP contribution < -0.4 is 0 Å². The Hall–Kier alpha value is -3.65. The molecule has 0 aliphatic rings. The second-order valence-electron chi connectivity index (χ2n) is 6.56. The molecule has 0 atom stereocenters. The number of hydrogen-bond donors (Lipinski definition) is 0. The zero-order chi connectivity index (χ0) is 21.8. The van der Waals surface area contributed by atoms with E-state index < -0.39 is 24.2 Å². The molecule has 0 N–H and O–H groups in total. The van der Waals surface area contributed by atoms with Crippen molar-refractivity contribution in [3.8, 4) is 16.9 Å². The molecule has 6 nitrogen and oxygen atoms in total. The molecular weight excluding hydrogens is 465 g/mol. The number of ether oxygens (including phenoxy) is 1. The van der Waals surface area contributed by atoms with Crippen molar-refractivity contribution in [1.29, 1.82) is 0 Å². The molecule has 4 rings (SSSR count). The van der Waals surface area contributed by atoms with Gasteiger partial charge in [-0.15, -0.1) is 5.10 Å². The Balaban J connectivity index is 1.46. The standard InChI is InChI=1S/C23H15BrFN3O3/c24-17-9-5-15(6-10-17)21-13-26-27-28(21)18-11-7-16(8-12-18)22(29)14-31-23(30)19-3-1-2-4-20(19)25/h1-13H,14H2. The summed E-state index contributed by atoms with van der Waals surface area (Å²) in [5, 5.41) is 8.11. The molecule has 0 aliphatic carbocycles. The molecule has 154 valence electrons. The van der Waals surface area contributed by atoms with Crippen molar-refractivity contribution >= 4 is 27.7 Å². The van der Waals surface area contributed by atoms with Gasteiger partial charge in [-0.05, 0) is 48.5 Å². The first-order chi connectivity index (χ1) is 15.0. The molecule has 8 heteroatoms. The van der Waals surface area contributed by atoms with Gasteiger partial charge in [0.15, 0.2) is 12.4 Å². The third-order valence-electron chi connectivity index (χ3n) is 4.55. The highest BCUT2D eigenvalue weighted by Gasteiger charge is 2.15. The van der Waals surface area contributed by atoms with Crippen molar-refractivity contribution in [2.45, 2.75) is 0 Å². The molecule has 0 saturated heterocycles. The number of halogens is 2. The number of aromatic nitrogens is 3. The number of nitrogens with zero attached hydrogens (tertiary/aromatic N) is 3. The Morgan fingerprint density at radius 2 is 1.68 bits per heavy atom. The number of ketones is 1. The minimum absolute atomic E-state index is 0.211. The first-order valence-corrected chi connectivity index (χ1v) is 10.0. The van der Waals surface area contributed by atoms with Gasteiger partial charge in [0.1, 0.15) is 5.82 Å². The summed E-state index contributed by atoms with van der Waals surface area (Å²) in [6.45, 7) is -0.486. The summed E-state index contributed by atoms with van der Waals surface area (Å²) < 4.78 is 21.2. The van der Waals surface area contributed by atoms with Crippen LogP contribution in [0.4, 0.5) is 4.39 Å². The van der Waals surface area contributed by atoms with Crippen molar-refractivity contribution in [3.05, 3.63) is 100 Å². The van der Waals surface area contributed by atoms with Crippen LogP contribution in [-0.4, -0.2) is 33.4 Å². The minimum atomic E-state index is -0.884. The normalized spacial score (nSPS) is 10.6. The molecule has 0 amide bonds. The summed E-state index contributed by atoms with van der Waals surface area (Å²) in [5.74, 6) is -1.98. The second-order valence-corrected chi connectivity index (χ2v) is 7.48. The Morgan fingerprint density at radius 3 is 2.39 bits per heavy atom. The quantitative estimate of drug-likeness (QED) is 0.291. The Morgan fingerprint density at radius 1 is 0.968 bits per heavy atom. The molecule has 0 saturated carbocycles. The van der Waals surface area contributed by atoms with Gasteiger partial charge in [-0.2, -0.15) is 0 Å². The molecule has 1 aromatic heterocycles. The monoisotopic (exact) mass is 479 g/mol. The molecule has 0 spiro atoms. The van der Waals surface area contributed by atoms with Crippen molar-refractivity contribution in [1.82, 2.24) is 15.0 Å². The molecule has 0 fully saturated rings. The molecule has 0 unspecified atom stereocenters. The van der Waals surface area contributed by atoms with Gasteiger partial charge in [0, 0.05) is 15.6 Å². The van der Waals surface area contributed by atoms with Gasteiger partial charge in [-0.3, -0.25) is 4.79 Å². The van der Waals surface area contributed by atoms with E-state index in [1.165, 1.54) is 18.2 Å². The van der Waals surface area contributed by atoms with Gasteiger partial charge in [-0.25, -0.2) is 13.9 Å². The molecule has 3 aromatic carbocycles. The average molecular weight is 480 g/mol. The van der Waals surface area contributed by atoms with Gasteiger partial charge in [0.2, 0.25) is 0 Å². The summed E-state index contributed by atoms with van der Waals surface area (Å²) in [6, 6.07) is 19.9. The zero-order valence-electron chi connectivity index (χ0n) is 16.0.